The second-order valence-electron chi connectivity index (χ2n) is 6.01. The highest BCUT2D eigenvalue weighted by Crippen LogP contribution is 2.29. The quantitative estimate of drug-likeness (QED) is 0.504. The molecule has 0 N–H and O–H groups in total. The van der Waals surface area contributed by atoms with E-state index in [2.05, 4.69) is 4.98 Å². The molecule has 0 amide bonds. The Morgan fingerprint density at radius 1 is 1.18 bits per heavy atom. The Bertz CT molecular complexity index is 1120. The predicted molar refractivity (Wildman–Crippen MR) is 96.5 cm³/mol. The molecule has 0 aliphatic rings. The van der Waals surface area contributed by atoms with Gasteiger partial charge in [0, 0.05) is 17.8 Å². The van der Waals surface area contributed by atoms with Crippen LogP contribution >= 0.6 is 0 Å². The van der Waals surface area contributed by atoms with Crippen LogP contribution in [0.25, 0.3) is 11.7 Å². The Kier molecular flexibility index (Phi) is 5.30. The van der Waals surface area contributed by atoms with Crippen LogP contribution in [0.3, 0.4) is 0 Å². The monoisotopic (exact) mass is 388 g/mol. The first-order chi connectivity index (χ1) is 13.2. The number of hydrogen-bond acceptors (Lipinski definition) is 4. The highest BCUT2D eigenvalue weighted by atomic mass is 19.4. The number of hydrogen-bond donors (Lipinski definition) is 0. The first-order valence-corrected chi connectivity index (χ1v) is 8.24. The number of fused-ring (bicyclic) bond motifs is 1. The summed E-state index contributed by atoms with van der Waals surface area (Å²) < 4.78 is 44.5. The minimum atomic E-state index is -4.46. The number of carbonyl (C=O) groups is 1. The summed E-state index contributed by atoms with van der Waals surface area (Å²) in [6.07, 6.45) is -2.21. The van der Waals surface area contributed by atoms with Crippen molar-refractivity contribution in [2.75, 3.05) is 0 Å². The first kappa shape index (κ1) is 19.3. The van der Waals surface area contributed by atoms with Crippen LogP contribution < -0.4 is 5.56 Å². The second kappa shape index (κ2) is 7.67. The van der Waals surface area contributed by atoms with Crippen LogP contribution in [0.15, 0.2) is 59.4 Å². The third-order valence-corrected chi connectivity index (χ3v) is 3.92. The molecule has 28 heavy (non-hydrogen) atoms. The predicted octanol–water partition coefficient (Wildman–Crippen LogP) is 3.78. The van der Waals surface area contributed by atoms with Crippen LogP contribution in [-0.4, -0.2) is 15.4 Å². The molecule has 0 bridgehead atoms. The van der Waals surface area contributed by atoms with E-state index >= 15 is 0 Å². The lowest BCUT2D eigenvalue weighted by atomic mass is 10.1. The molecule has 1 aromatic carbocycles. The Labute approximate surface area is 157 Å². The zero-order chi connectivity index (χ0) is 20.3. The number of alkyl halides is 3. The highest BCUT2D eigenvalue weighted by molar-refractivity contribution is 5.87. The number of aromatic nitrogens is 2. The standard InChI is InChI=1S/C20H15F3N2O3/c1-13-4-2-7-17-24-16(11-18(26)25(13)17)12-28-19(27)9-8-14-5-3-6-15(10-14)20(21,22)23/h2-11H,12H2,1H3/b9-8+. The molecule has 0 radical (unpaired) electrons. The molecule has 0 saturated heterocycles. The number of halogens is 3. The Morgan fingerprint density at radius 2 is 1.93 bits per heavy atom. The Morgan fingerprint density at radius 3 is 2.68 bits per heavy atom. The summed E-state index contributed by atoms with van der Waals surface area (Å²) >= 11 is 0. The summed E-state index contributed by atoms with van der Waals surface area (Å²) in [6, 6.07) is 11.0. The normalized spacial score (nSPS) is 11.9. The molecule has 3 aromatic rings. The SMILES string of the molecule is Cc1cccc2nc(COC(=O)/C=C/c3cccc(C(F)(F)F)c3)cc(=O)n12. The smallest absolute Gasteiger partial charge is 0.416 e. The van der Waals surface area contributed by atoms with Gasteiger partial charge in [-0.05, 0) is 42.8 Å². The van der Waals surface area contributed by atoms with Gasteiger partial charge in [-0.3, -0.25) is 9.20 Å². The number of aryl methyl sites for hydroxylation is 1. The number of carbonyl (C=O) groups excluding carboxylic acids is 1. The molecular formula is C20H15F3N2O3. The average Bonchev–Trinajstić information content (AvgIpc) is 2.64. The van der Waals surface area contributed by atoms with Crippen LogP contribution in [0, 0.1) is 6.92 Å². The Hall–Kier alpha value is -3.42. The molecule has 0 atom stereocenters. The molecule has 0 aliphatic carbocycles. The van der Waals surface area contributed by atoms with Gasteiger partial charge in [-0.2, -0.15) is 13.2 Å². The minimum Gasteiger partial charge on any atom is -0.456 e. The van der Waals surface area contributed by atoms with Crippen molar-refractivity contribution in [3.05, 3.63) is 87.5 Å². The van der Waals surface area contributed by atoms with E-state index in [1.807, 2.05) is 0 Å². The van der Waals surface area contributed by atoms with Crippen LogP contribution in [0.5, 0.6) is 0 Å². The molecule has 144 valence electrons. The maximum atomic E-state index is 12.7. The second-order valence-corrected chi connectivity index (χ2v) is 6.01. The number of benzene rings is 1. The average molecular weight is 388 g/mol. The van der Waals surface area contributed by atoms with Gasteiger partial charge in [0.15, 0.2) is 0 Å². The van der Waals surface area contributed by atoms with Crippen LogP contribution in [0.2, 0.25) is 0 Å². The number of pyridine rings is 1. The van der Waals surface area contributed by atoms with Crippen LogP contribution in [0.1, 0.15) is 22.5 Å². The van der Waals surface area contributed by atoms with Crippen molar-refractivity contribution in [1.82, 2.24) is 9.38 Å². The van der Waals surface area contributed by atoms with Crippen LogP contribution in [-0.2, 0) is 22.3 Å². The van der Waals surface area contributed by atoms with Gasteiger partial charge in [0.05, 0.1) is 11.3 Å². The van der Waals surface area contributed by atoms with Gasteiger partial charge < -0.3 is 4.74 Å². The molecule has 8 heteroatoms. The van der Waals surface area contributed by atoms with Crippen molar-refractivity contribution in [3.63, 3.8) is 0 Å². The van der Waals surface area contributed by atoms with E-state index in [0.29, 0.717) is 5.65 Å². The molecule has 0 unspecified atom stereocenters. The number of ether oxygens (including phenoxy) is 1. The van der Waals surface area contributed by atoms with Crippen molar-refractivity contribution in [2.24, 2.45) is 0 Å². The highest BCUT2D eigenvalue weighted by Gasteiger charge is 2.30. The topological polar surface area (TPSA) is 60.7 Å². The summed E-state index contributed by atoms with van der Waals surface area (Å²) in [4.78, 5) is 28.3. The molecule has 0 aliphatic heterocycles. The third kappa shape index (κ3) is 4.46. The molecule has 0 saturated carbocycles. The molecule has 2 aromatic heterocycles. The van der Waals surface area contributed by atoms with Crippen molar-refractivity contribution in [1.29, 1.82) is 0 Å². The van der Waals surface area contributed by atoms with E-state index in [0.717, 1.165) is 23.9 Å². The zero-order valence-corrected chi connectivity index (χ0v) is 14.7. The molecule has 0 fully saturated rings. The summed E-state index contributed by atoms with van der Waals surface area (Å²) in [6.45, 7) is 1.54. The summed E-state index contributed by atoms with van der Waals surface area (Å²) in [5, 5.41) is 0. The largest absolute Gasteiger partial charge is 0.456 e. The van der Waals surface area contributed by atoms with Crippen molar-refractivity contribution in [2.45, 2.75) is 19.7 Å². The van der Waals surface area contributed by atoms with Gasteiger partial charge >= 0.3 is 12.1 Å². The third-order valence-electron chi connectivity index (χ3n) is 3.92. The van der Waals surface area contributed by atoms with Crippen molar-refractivity contribution in [3.8, 4) is 0 Å². The number of nitrogens with zero attached hydrogens (tertiary/aromatic N) is 2. The maximum Gasteiger partial charge on any atom is 0.416 e. The molecule has 3 rings (SSSR count). The lowest BCUT2D eigenvalue weighted by Crippen LogP contribution is -2.18. The number of esters is 1. The van der Waals surface area contributed by atoms with Gasteiger partial charge in [0.2, 0.25) is 0 Å². The summed E-state index contributed by atoms with van der Waals surface area (Å²) in [7, 11) is 0. The molecule has 5 nitrogen and oxygen atoms in total. The molecule has 2 heterocycles. The van der Waals surface area contributed by atoms with E-state index in [9.17, 15) is 22.8 Å². The van der Waals surface area contributed by atoms with Crippen molar-refractivity contribution >= 4 is 17.7 Å². The Balaban J connectivity index is 1.69. The zero-order valence-electron chi connectivity index (χ0n) is 14.7. The van der Waals surface area contributed by atoms with Gasteiger partial charge in [-0.15, -0.1) is 0 Å². The summed E-state index contributed by atoms with van der Waals surface area (Å²) in [5.74, 6) is -0.761. The molecular weight excluding hydrogens is 373 g/mol. The van der Waals surface area contributed by atoms with E-state index in [-0.39, 0.29) is 23.4 Å². The maximum absolute atomic E-state index is 12.7. The van der Waals surface area contributed by atoms with Crippen molar-refractivity contribution < 1.29 is 22.7 Å². The fourth-order valence-corrected chi connectivity index (χ4v) is 2.61. The van der Waals surface area contributed by atoms with E-state index in [4.69, 9.17) is 4.74 Å². The fraction of sp³-hybridized carbons (Fsp3) is 0.150. The lowest BCUT2D eigenvalue weighted by molar-refractivity contribution is -0.139. The van der Waals surface area contributed by atoms with Crippen LogP contribution in [0.4, 0.5) is 13.2 Å². The summed E-state index contributed by atoms with van der Waals surface area (Å²) in [5.41, 5.74) is 0.536. The van der Waals surface area contributed by atoms with E-state index in [1.54, 1.807) is 25.1 Å². The van der Waals surface area contributed by atoms with E-state index < -0.39 is 17.7 Å². The minimum absolute atomic E-state index is 0.212. The number of rotatable bonds is 4. The van der Waals surface area contributed by atoms with Gasteiger partial charge in [0.1, 0.15) is 12.3 Å². The fourth-order valence-electron chi connectivity index (χ4n) is 2.61. The van der Waals surface area contributed by atoms with E-state index in [1.165, 1.54) is 28.7 Å². The lowest BCUT2D eigenvalue weighted by Gasteiger charge is -2.07. The molecule has 0 spiro atoms. The van der Waals surface area contributed by atoms with Gasteiger partial charge in [-0.25, -0.2) is 9.78 Å². The first-order valence-electron chi connectivity index (χ1n) is 8.24. The van der Waals surface area contributed by atoms with Gasteiger partial charge in [-0.1, -0.05) is 18.2 Å². The van der Waals surface area contributed by atoms with Gasteiger partial charge in [0.25, 0.3) is 5.56 Å².